The Bertz CT molecular complexity index is 536. The van der Waals surface area contributed by atoms with Gasteiger partial charge in [0.2, 0.25) is 11.8 Å². The Morgan fingerprint density at radius 2 is 2.35 bits per heavy atom. The molecule has 2 aliphatic rings. The Morgan fingerprint density at radius 3 is 3.15 bits per heavy atom. The lowest BCUT2D eigenvalue weighted by molar-refractivity contribution is -0.117. The Labute approximate surface area is 117 Å². The van der Waals surface area contributed by atoms with E-state index in [2.05, 4.69) is 10.6 Å². The highest BCUT2D eigenvalue weighted by Crippen LogP contribution is 2.26. The van der Waals surface area contributed by atoms with E-state index in [-0.39, 0.29) is 17.9 Å². The second-order valence-electron chi connectivity index (χ2n) is 5.32. The van der Waals surface area contributed by atoms with Gasteiger partial charge in [-0.05, 0) is 43.0 Å². The van der Waals surface area contributed by atoms with E-state index in [1.807, 2.05) is 18.2 Å². The standard InChI is InChI=1S/C15H18N2O3/c18-14(6-4-12-2-1-7-20-12)16-11-3-5-13-10(8-11)9-15(19)17-13/h3,5,8,12H,1-2,4,6-7,9H2,(H,16,18)(H,17,19)/t12-/m0/s1. The molecule has 5 heteroatoms. The summed E-state index contributed by atoms with van der Waals surface area (Å²) in [6.07, 6.45) is 4.02. The van der Waals surface area contributed by atoms with Gasteiger partial charge in [-0.1, -0.05) is 0 Å². The summed E-state index contributed by atoms with van der Waals surface area (Å²) in [5.74, 6) is -0.000378. The highest BCUT2D eigenvalue weighted by molar-refractivity contribution is 6.00. The van der Waals surface area contributed by atoms with Crippen LogP contribution in [0.5, 0.6) is 0 Å². The fourth-order valence-corrected chi connectivity index (χ4v) is 2.69. The predicted molar refractivity (Wildman–Crippen MR) is 75.6 cm³/mol. The van der Waals surface area contributed by atoms with Gasteiger partial charge in [-0.3, -0.25) is 9.59 Å². The molecule has 1 saturated heterocycles. The minimum absolute atomic E-state index is 0.00172. The van der Waals surface area contributed by atoms with Crippen LogP contribution in [-0.4, -0.2) is 24.5 Å². The van der Waals surface area contributed by atoms with Crippen molar-refractivity contribution in [3.8, 4) is 0 Å². The molecule has 0 aliphatic carbocycles. The third kappa shape index (κ3) is 2.99. The quantitative estimate of drug-likeness (QED) is 0.883. The molecule has 2 aliphatic heterocycles. The van der Waals surface area contributed by atoms with Gasteiger partial charge in [0.05, 0.1) is 12.5 Å². The van der Waals surface area contributed by atoms with Crippen molar-refractivity contribution in [3.63, 3.8) is 0 Å². The molecule has 0 spiro atoms. The van der Waals surface area contributed by atoms with E-state index in [0.717, 1.165) is 42.8 Å². The largest absolute Gasteiger partial charge is 0.378 e. The van der Waals surface area contributed by atoms with Crippen LogP contribution in [0.25, 0.3) is 0 Å². The Kier molecular flexibility index (Phi) is 3.69. The number of rotatable bonds is 4. The first kappa shape index (κ1) is 13.1. The van der Waals surface area contributed by atoms with Crippen LogP contribution in [0.4, 0.5) is 11.4 Å². The number of carbonyl (C=O) groups excluding carboxylic acids is 2. The maximum atomic E-state index is 11.9. The molecule has 2 amide bonds. The van der Waals surface area contributed by atoms with Gasteiger partial charge in [0.25, 0.3) is 0 Å². The van der Waals surface area contributed by atoms with E-state index in [1.54, 1.807) is 0 Å². The number of hydrogen-bond donors (Lipinski definition) is 2. The predicted octanol–water partition coefficient (Wildman–Crippen LogP) is 2.08. The minimum atomic E-state index is -0.00210. The second-order valence-corrected chi connectivity index (χ2v) is 5.32. The van der Waals surface area contributed by atoms with Gasteiger partial charge >= 0.3 is 0 Å². The average Bonchev–Trinajstić information content (AvgIpc) is 3.04. The molecule has 3 rings (SSSR count). The van der Waals surface area contributed by atoms with E-state index >= 15 is 0 Å². The van der Waals surface area contributed by atoms with Crippen LogP contribution in [0.15, 0.2) is 18.2 Å². The van der Waals surface area contributed by atoms with Gasteiger partial charge in [-0.25, -0.2) is 0 Å². The molecule has 0 radical (unpaired) electrons. The van der Waals surface area contributed by atoms with E-state index in [4.69, 9.17) is 4.74 Å². The number of anilines is 2. The van der Waals surface area contributed by atoms with Gasteiger partial charge in [-0.2, -0.15) is 0 Å². The molecule has 1 fully saturated rings. The Morgan fingerprint density at radius 1 is 1.45 bits per heavy atom. The maximum Gasteiger partial charge on any atom is 0.228 e. The van der Waals surface area contributed by atoms with Crippen molar-refractivity contribution >= 4 is 23.2 Å². The van der Waals surface area contributed by atoms with E-state index in [9.17, 15) is 9.59 Å². The number of fused-ring (bicyclic) bond motifs is 1. The van der Waals surface area contributed by atoms with Crippen molar-refractivity contribution in [3.05, 3.63) is 23.8 Å². The van der Waals surface area contributed by atoms with Crippen molar-refractivity contribution < 1.29 is 14.3 Å². The van der Waals surface area contributed by atoms with Gasteiger partial charge in [0.1, 0.15) is 0 Å². The fourth-order valence-electron chi connectivity index (χ4n) is 2.69. The molecule has 0 unspecified atom stereocenters. The van der Waals surface area contributed by atoms with Crippen LogP contribution in [0.1, 0.15) is 31.2 Å². The van der Waals surface area contributed by atoms with Crippen molar-refractivity contribution in [2.45, 2.75) is 38.2 Å². The first-order valence-corrected chi connectivity index (χ1v) is 7.05. The fraction of sp³-hybridized carbons (Fsp3) is 0.467. The molecule has 1 aromatic rings. The summed E-state index contributed by atoms with van der Waals surface area (Å²) in [5, 5.41) is 5.65. The number of benzene rings is 1. The lowest BCUT2D eigenvalue weighted by Crippen LogP contribution is -2.15. The van der Waals surface area contributed by atoms with Crippen molar-refractivity contribution in [1.29, 1.82) is 0 Å². The lowest BCUT2D eigenvalue weighted by atomic mass is 10.1. The van der Waals surface area contributed by atoms with E-state index in [1.165, 1.54) is 0 Å². The third-order valence-electron chi connectivity index (χ3n) is 3.73. The van der Waals surface area contributed by atoms with Crippen LogP contribution < -0.4 is 10.6 Å². The number of nitrogens with one attached hydrogen (secondary N) is 2. The number of ether oxygens (including phenoxy) is 1. The summed E-state index contributed by atoms with van der Waals surface area (Å²) in [6.45, 7) is 0.818. The summed E-state index contributed by atoms with van der Waals surface area (Å²) in [4.78, 5) is 23.2. The molecule has 1 aromatic carbocycles. The first-order chi connectivity index (χ1) is 9.70. The summed E-state index contributed by atoms with van der Waals surface area (Å²) >= 11 is 0. The molecule has 106 valence electrons. The highest BCUT2D eigenvalue weighted by atomic mass is 16.5. The summed E-state index contributed by atoms with van der Waals surface area (Å²) < 4.78 is 5.50. The smallest absolute Gasteiger partial charge is 0.228 e. The zero-order valence-corrected chi connectivity index (χ0v) is 11.3. The number of hydrogen-bond acceptors (Lipinski definition) is 3. The average molecular weight is 274 g/mol. The third-order valence-corrected chi connectivity index (χ3v) is 3.73. The first-order valence-electron chi connectivity index (χ1n) is 7.05. The van der Waals surface area contributed by atoms with Crippen LogP contribution >= 0.6 is 0 Å². The Balaban J connectivity index is 1.53. The zero-order valence-electron chi connectivity index (χ0n) is 11.3. The second kappa shape index (κ2) is 5.63. The van der Waals surface area contributed by atoms with Crippen molar-refractivity contribution in [2.75, 3.05) is 17.2 Å². The molecule has 20 heavy (non-hydrogen) atoms. The van der Waals surface area contributed by atoms with Crippen molar-refractivity contribution in [2.24, 2.45) is 0 Å². The molecule has 0 aromatic heterocycles. The maximum absolute atomic E-state index is 11.9. The summed E-state index contributed by atoms with van der Waals surface area (Å²) in [7, 11) is 0. The molecular weight excluding hydrogens is 256 g/mol. The summed E-state index contributed by atoms with van der Waals surface area (Å²) in [5.41, 5.74) is 2.52. The minimum Gasteiger partial charge on any atom is -0.378 e. The number of amides is 2. The molecule has 2 N–H and O–H groups in total. The molecule has 0 bridgehead atoms. The van der Waals surface area contributed by atoms with Gasteiger partial charge in [0.15, 0.2) is 0 Å². The molecule has 1 atom stereocenters. The van der Waals surface area contributed by atoms with Crippen LogP contribution in [0.2, 0.25) is 0 Å². The topological polar surface area (TPSA) is 67.4 Å². The Hall–Kier alpha value is -1.88. The summed E-state index contributed by atoms with van der Waals surface area (Å²) in [6, 6.07) is 5.50. The normalized spacial score (nSPS) is 20.6. The molecular formula is C15H18N2O3. The van der Waals surface area contributed by atoms with Gasteiger partial charge in [0, 0.05) is 24.4 Å². The van der Waals surface area contributed by atoms with Crippen molar-refractivity contribution in [1.82, 2.24) is 0 Å². The molecule has 2 heterocycles. The molecule has 0 saturated carbocycles. The van der Waals surface area contributed by atoms with E-state index in [0.29, 0.717) is 12.8 Å². The van der Waals surface area contributed by atoms with Gasteiger partial charge < -0.3 is 15.4 Å². The molecule has 5 nitrogen and oxygen atoms in total. The van der Waals surface area contributed by atoms with Crippen LogP contribution in [0, 0.1) is 0 Å². The zero-order chi connectivity index (χ0) is 13.9. The monoisotopic (exact) mass is 274 g/mol. The van der Waals surface area contributed by atoms with Gasteiger partial charge in [-0.15, -0.1) is 0 Å². The lowest BCUT2D eigenvalue weighted by Gasteiger charge is -2.10. The highest BCUT2D eigenvalue weighted by Gasteiger charge is 2.19. The van der Waals surface area contributed by atoms with Crippen LogP contribution in [0.3, 0.4) is 0 Å². The number of carbonyl (C=O) groups is 2. The van der Waals surface area contributed by atoms with Crippen LogP contribution in [-0.2, 0) is 20.7 Å². The van der Waals surface area contributed by atoms with E-state index < -0.39 is 0 Å². The SMILES string of the molecule is O=C(CC[C@@H]1CCCO1)Nc1ccc2c(c1)CC(=O)N2.